The molecule has 0 bridgehead atoms. The minimum absolute atomic E-state index is 0.345. The van der Waals surface area contributed by atoms with Crippen molar-refractivity contribution in [2.75, 3.05) is 20.2 Å². The van der Waals surface area contributed by atoms with Gasteiger partial charge in [-0.05, 0) is 19.4 Å². The number of rotatable bonds is 2. The highest BCUT2D eigenvalue weighted by Crippen LogP contribution is 2.05. The van der Waals surface area contributed by atoms with E-state index < -0.39 is 0 Å². The third-order valence-electron chi connectivity index (χ3n) is 2.09. The molecule has 0 aromatic rings. The van der Waals surface area contributed by atoms with Crippen LogP contribution >= 0.6 is 0 Å². The summed E-state index contributed by atoms with van der Waals surface area (Å²) in [7, 11) is 1.38. The van der Waals surface area contributed by atoms with Crippen LogP contribution in [0.5, 0.6) is 0 Å². The number of alkyl carbamates (subject to hydrolysis) is 1. The molecule has 1 amide bonds. The fraction of sp³-hybridized carbons (Fsp3) is 0.875. The smallest absolute Gasteiger partial charge is 0.406 e. The zero-order valence-corrected chi connectivity index (χ0v) is 7.43. The van der Waals surface area contributed by atoms with Crippen LogP contribution in [0.15, 0.2) is 0 Å². The average Bonchev–Trinajstić information content (AvgIpc) is 2.16. The van der Waals surface area contributed by atoms with Crippen molar-refractivity contribution < 1.29 is 9.53 Å². The Morgan fingerprint density at radius 3 is 3.08 bits per heavy atom. The Hall–Kier alpha value is -0.770. The Morgan fingerprint density at radius 2 is 2.50 bits per heavy atom. The molecule has 1 aliphatic rings. The van der Waals surface area contributed by atoms with Gasteiger partial charge in [-0.1, -0.05) is 6.42 Å². The summed E-state index contributed by atoms with van der Waals surface area (Å²) >= 11 is 0. The van der Waals surface area contributed by atoms with Gasteiger partial charge in [0.1, 0.15) is 0 Å². The van der Waals surface area contributed by atoms with Crippen LogP contribution in [0.4, 0.5) is 4.79 Å². The Kier molecular flexibility index (Phi) is 3.87. The number of carbonyl (C=O) groups excluding carboxylic acids is 1. The van der Waals surface area contributed by atoms with Crippen molar-refractivity contribution >= 4 is 6.09 Å². The first kappa shape index (κ1) is 9.32. The lowest BCUT2D eigenvalue weighted by atomic mass is 10.1. The SMILES string of the molecule is COC(=O)NCC1CCCCN1. The van der Waals surface area contributed by atoms with Crippen molar-refractivity contribution in [3.05, 3.63) is 0 Å². The van der Waals surface area contributed by atoms with E-state index in [2.05, 4.69) is 15.4 Å². The van der Waals surface area contributed by atoms with Gasteiger partial charge in [-0.2, -0.15) is 0 Å². The first-order valence-corrected chi connectivity index (χ1v) is 4.38. The van der Waals surface area contributed by atoms with Gasteiger partial charge >= 0.3 is 6.09 Å². The fourth-order valence-electron chi connectivity index (χ4n) is 1.38. The van der Waals surface area contributed by atoms with Crippen LogP contribution < -0.4 is 10.6 Å². The summed E-state index contributed by atoms with van der Waals surface area (Å²) in [6, 6.07) is 0.429. The standard InChI is InChI=1S/C8H16N2O2/c1-12-8(11)10-6-7-4-2-3-5-9-7/h7,9H,2-6H2,1H3,(H,10,11). The third kappa shape index (κ3) is 3.09. The van der Waals surface area contributed by atoms with Crippen molar-refractivity contribution in [3.8, 4) is 0 Å². The van der Waals surface area contributed by atoms with Gasteiger partial charge in [0.05, 0.1) is 7.11 Å². The molecule has 0 saturated carbocycles. The minimum atomic E-state index is -0.345. The second-order valence-corrected chi connectivity index (χ2v) is 3.02. The monoisotopic (exact) mass is 172 g/mol. The molecule has 1 rings (SSSR count). The van der Waals surface area contributed by atoms with Crippen molar-refractivity contribution in [2.45, 2.75) is 25.3 Å². The number of hydrogen-bond acceptors (Lipinski definition) is 3. The lowest BCUT2D eigenvalue weighted by molar-refractivity contribution is 0.169. The van der Waals surface area contributed by atoms with E-state index in [4.69, 9.17) is 0 Å². The molecule has 4 nitrogen and oxygen atoms in total. The minimum Gasteiger partial charge on any atom is -0.453 e. The van der Waals surface area contributed by atoms with Crippen LogP contribution in [0, 0.1) is 0 Å². The Morgan fingerprint density at radius 1 is 1.67 bits per heavy atom. The van der Waals surface area contributed by atoms with Gasteiger partial charge in [-0.25, -0.2) is 4.79 Å². The Balaban J connectivity index is 2.09. The van der Waals surface area contributed by atoms with E-state index in [0.29, 0.717) is 12.6 Å². The van der Waals surface area contributed by atoms with E-state index in [0.717, 1.165) is 13.0 Å². The van der Waals surface area contributed by atoms with Gasteiger partial charge < -0.3 is 15.4 Å². The molecule has 1 atom stereocenters. The second-order valence-electron chi connectivity index (χ2n) is 3.02. The molecule has 0 spiro atoms. The van der Waals surface area contributed by atoms with Gasteiger partial charge in [-0.3, -0.25) is 0 Å². The Labute approximate surface area is 72.7 Å². The maximum atomic E-state index is 10.7. The number of amides is 1. The topological polar surface area (TPSA) is 50.4 Å². The predicted octanol–water partition coefficient (Wildman–Crippen LogP) is 0.484. The number of hydrogen-bond donors (Lipinski definition) is 2. The van der Waals surface area contributed by atoms with Gasteiger partial charge in [0.25, 0.3) is 0 Å². The molecule has 12 heavy (non-hydrogen) atoms. The number of ether oxygens (including phenoxy) is 1. The van der Waals surface area contributed by atoms with Crippen LogP contribution in [0.25, 0.3) is 0 Å². The maximum Gasteiger partial charge on any atom is 0.406 e. The third-order valence-corrected chi connectivity index (χ3v) is 2.09. The van der Waals surface area contributed by atoms with E-state index in [9.17, 15) is 4.79 Å². The highest BCUT2D eigenvalue weighted by Gasteiger charge is 2.12. The summed E-state index contributed by atoms with van der Waals surface area (Å²) in [4.78, 5) is 10.7. The normalized spacial score (nSPS) is 23.2. The zero-order chi connectivity index (χ0) is 8.81. The van der Waals surface area contributed by atoms with E-state index in [1.54, 1.807) is 0 Å². The van der Waals surface area contributed by atoms with Crippen molar-refractivity contribution in [1.82, 2.24) is 10.6 Å². The molecule has 0 aromatic heterocycles. The molecular formula is C8H16N2O2. The molecule has 1 unspecified atom stereocenters. The predicted molar refractivity (Wildman–Crippen MR) is 46.0 cm³/mol. The summed E-state index contributed by atoms with van der Waals surface area (Å²) in [5.74, 6) is 0. The molecule has 0 aliphatic carbocycles. The lowest BCUT2D eigenvalue weighted by Crippen LogP contribution is -2.43. The second kappa shape index (κ2) is 4.98. The highest BCUT2D eigenvalue weighted by molar-refractivity contribution is 5.66. The van der Waals surface area contributed by atoms with Crippen LogP contribution in [0.3, 0.4) is 0 Å². The van der Waals surface area contributed by atoms with Gasteiger partial charge in [0, 0.05) is 12.6 Å². The zero-order valence-electron chi connectivity index (χ0n) is 7.43. The largest absolute Gasteiger partial charge is 0.453 e. The van der Waals surface area contributed by atoms with Crippen molar-refractivity contribution in [2.24, 2.45) is 0 Å². The molecule has 1 heterocycles. The van der Waals surface area contributed by atoms with E-state index in [-0.39, 0.29) is 6.09 Å². The molecule has 1 saturated heterocycles. The molecule has 2 N–H and O–H groups in total. The highest BCUT2D eigenvalue weighted by atomic mass is 16.5. The molecular weight excluding hydrogens is 156 g/mol. The van der Waals surface area contributed by atoms with Crippen LogP contribution in [0.2, 0.25) is 0 Å². The summed E-state index contributed by atoms with van der Waals surface area (Å²) < 4.78 is 4.46. The first-order chi connectivity index (χ1) is 5.83. The molecule has 0 aromatic carbocycles. The molecule has 1 aliphatic heterocycles. The number of piperidine rings is 1. The van der Waals surface area contributed by atoms with E-state index in [1.165, 1.54) is 20.0 Å². The van der Waals surface area contributed by atoms with Crippen LogP contribution in [0.1, 0.15) is 19.3 Å². The quantitative estimate of drug-likeness (QED) is 0.637. The van der Waals surface area contributed by atoms with E-state index >= 15 is 0 Å². The lowest BCUT2D eigenvalue weighted by Gasteiger charge is -2.23. The Bertz CT molecular complexity index is 144. The van der Waals surface area contributed by atoms with Gasteiger partial charge in [0.15, 0.2) is 0 Å². The van der Waals surface area contributed by atoms with Crippen LogP contribution in [-0.2, 0) is 4.74 Å². The maximum absolute atomic E-state index is 10.7. The number of methoxy groups -OCH3 is 1. The fourth-order valence-corrected chi connectivity index (χ4v) is 1.38. The number of carbonyl (C=O) groups is 1. The summed E-state index contributed by atoms with van der Waals surface area (Å²) in [5, 5.41) is 6.01. The first-order valence-electron chi connectivity index (χ1n) is 4.38. The summed E-state index contributed by atoms with van der Waals surface area (Å²) in [5.41, 5.74) is 0. The van der Waals surface area contributed by atoms with Gasteiger partial charge in [-0.15, -0.1) is 0 Å². The van der Waals surface area contributed by atoms with Gasteiger partial charge in [0.2, 0.25) is 0 Å². The van der Waals surface area contributed by atoms with E-state index in [1.807, 2.05) is 0 Å². The van der Waals surface area contributed by atoms with Crippen molar-refractivity contribution in [3.63, 3.8) is 0 Å². The molecule has 4 heteroatoms. The molecule has 1 fully saturated rings. The summed E-state index contributed by atoms with van der Waals surface area (Å²) in [6.07, 6.45) is 3.29. The van der Waals surface area contributed by atoms with Crippen molar-refractivity contribution in [1.29, 1.82) is 0 Å². The average molecular weight is 172 g/mol. The van der Waals surface area contributed by atoms with Crippen LogP contribution in [-0.4, -0.2) is 32.3 Å². The molecule has 0 radical (unpaired) electrons. The number of nitrogens with one attached hydrogen (secondary N) is 2. The molecule has 70 valence electrons. The summed E-state index contributed by atoms with van der Waals surface area (Å²) in [6.45, 7) is 1.74.